The maximum atomic E-state index is 14.5. The van der Waals surface area contributed by atoms with Crippen molar-refractivity contribution in [1.82, 2.24) is 36.9 Å². The van der Waals surface area contributed by atoms with Gasteiger partial charge in [0.05, 0.1) is 12.1 Å². The second-order valence-electron chi connectivity index (χ2n) is 17.2. The maximum Gasteiger partial charge on any atom is 0.245 e. The van der Waals surface area contributed by atoms with E-state index in [2.05, 4.69) is 41.9 Å². The van der Waals surface area contributed by atoms with E-state index >= 15 is 0 Å². The standard InChI is InChI=1S/C45H67N13O8S2/c1-25(59)35-43(66)56-33(22-26-12-5-4-6-13-26)41(64)54-31(17-11-20-51-44(49)50)39(62)55-34(23-27-24-52-30-16-8-7-14-28(27)30)42(65)58-36(37(48)60)45(2,3)68-67-21-18-32(40(63)57-35)53-38(61)29(47)15-9-10-19-46/h4-8,12-14,16,24-25,29,31-36,52,59H,9-11,15,17-23,46-47H2,1-3H3,(H2,48,60)(H,53,61)(H,54,64)(H,55,62)(H,56,66)(H,57,63)(H,58,65)(H4,49,50,51)/t25-,29+,31+,32+,33-,34+,35+,36-/m1/s1. The highest BCUT2D eigenvalue weighted by molar-refractivity contribution is 8.77. The molecule has 68 heavy (non-hydrogen) atoms. The number of nitrogens with one attached hydrogen (secondary N) is 7. The first-order valence-corrected chi connectivity index (χ1v) is 24.8. The Bertz CT molecular complexity index is 2220. The Hall–Kier alpha value is -5.88. The van der Waals surface area contributed by atoms with Gasteiger partial charge in [0.15, 0.2) is 5.96 Å². The largest absolute Gasteiger partial charge is 0.391 e. The van der Waals surface area contributed by atoms with Gasteiger partial charge in [0, 0.05) is 47.0 Å². The van der Waals surface area contributed by atoms with E-state index in [4.69, 9.17) is 28.7 Å². The molecule has 1 aliphatic rings. The van der Waals surface area contributed by atoms with Gasteiger partial charge in [0.2, 0.25) is 41.4 Å². The summed E-state index contributed by atoms with van der Waals surface area (Å²) >= 11 is 0. The molecule has 8 atom stereocenters. The topological polar surface area (TPSA) is 370 Å². The highest BCUT2D eigenvalue weighted by Crippen LogP contribution is 2.39. The zero-order chi connectivity index (χ0) is 50.0. The Morgan fingerprint density at radius 1 is 0.824 bits per heavy atom. The van der Waals surface area contributed by atoms with Crippen molar-refractivity contribution >= 4 is 79.8 Å². The van der Waals surface area contributed by atoms with Crippen LogP contribution in [0.5, 0.6) is 0 Å². The summed E-state index contributed by atoms with van der Waals surface area (Å²) in [5.41, 5.74) is 30.9. The van der Waals surface area contributed by atoms with E-state index < -0.39 is 94.5 Å². The number of nitrogens with zero attached hydrogens (tertiary/aromatic N) is 1. The van der Waals surface area contributed by atoms with Gasteiger partial charge >= 0.3 is 0 Å². The third kappa shape index (κ3) is 16.7. The van der Waals surface area contributed by atoms with Crippen molar-refractivity contribution in [2.45, 2.75) is 125 Å². The summed E-state index contributed by atoms with van der Waals surface area (Å²) in [5, 5.41) is 27.9. The Labute approximate surface area is 403 Å². The molecule has 1 saturated heterocycles. The smallest absolute Gasteiger partial charge is 0.245 e. The fraction of sp³-hybridized carbons (Fsp3) is 0.511. The number of rotatable bonds is 16. The molecule has 0 unspecified atom stereocenters. The van der Waals surface area contributed by atoms with Crippen LogP contribution in [0.25, 0.3) is 10.9 Å². The fourth-order valence-corrected chi connectivity index (χ4v) is 10.2. The number of carbonyl (C=O) groups excluding carboxylic acids is 7. The lowest BCUT2D eigenvalue weighted by molar-refractivity contribution is -0.136. The molecule has 1 aromatic heterocycles. The van der Waals surface area contributed by atoms with Crippen molar-refractivity contribution in [3.05, 3.63) is 71.9 Å². The Morgan fingerprint density at radius 3 is 2.13 bits per heavy atom. The number of hydrogen-bond donors (Lipinski definition) is 13. The molecular formula is C45H67N13O8S2. The van der Waals surface area contributed by atoms with Gasteiger partial charge in [-0.25, -0.2) is 0 Å². The van der Waals surface area contributed by atoms with Crippen molar-refractivity contribution in [3.63, 3.8) is 0 Å². The van der Waals surface area contributed by atoms with Crippen molar-refractivity contribution in [3.8, 4) is 0 Å². The number of nitrogens with two attached hydrogens (primary N) is 5. The summed E-state index contributed by atoms with van der Waals surface area (Å²) in [6.45, 7) is 5.14. The van der Waals surface area contributed by atoms with E-state index in [0.717, 1.165) is 10.9 Å². The molecule has 372 valence electrons. The van der Waals surface area contributed by atoms with Gasteiger partial charge in [-0.3, -0.25) is 38.6 Å². The number of hydrogen-bond acceptors (Lipinski definition) is 13. The normalized spacial score (nSPS) is 23.3. The summed E-state index contributed by atoms with van der Waals surface area (Å²) < 4.78 is -1.10. The summed E-state index contributed by atoms with van der Waals surface area (Å²) in [6, 6.07) is 6.85. The molecule has 0 saturated carbocycles. The molecule has 1 aliphatic heterocycles. The molecule has 2 aromatic carbocycles. The maximum absolute atomic E-state index is 14.5. The Balaban J connectivity index is 1.80. The van der Waals surface area contributed by atoms with Gasteiger partial charge in [0.25, 0.3) is 0 Å². The molecule has 4 rings (SSSR count). The van der Waals surface area contributed by atoms with E-state index in [9.17, 15) is 38.7 Å². The molecule has 21 nitrogen and oxygen atoms in total. The average Bonchev–Trinajstić information content (AvgIpc) is 3.70. The summed E-state index contributed by atoms with van der Waals surface area (Å²) in [7, 11) is 2.42. The van der Waals surface area contributed by atoms with Crippen molar-refractivity contribution in [2.75, 3.05) is 18.8 Å². The molecule has 0 spiro atoms. The van der Waals surface area contributed by atoms with Gasteiger partial charge in [-0.05, 0) is 76.6 Å². The van der Waals surface area contributed by atoms with Crippen LogP contribution >= 0.6 is 21.6 Å². The number of amides is 7. The SMILES string of the molecule is C[C@@H](O)[C@@H]1NC(=O)[C@@H](NC(=O)[C@@H](N)CCCCN)CCSSC(C)(C)[C@@H](C(N)=O)NC(=O)[C@H](Cc2c[nH]c3ccccc23)NC(=O)[C@H](CCCN=C(N)N)NC(=O)[C@@H](Cc2ccccc2)NC1=O. The zero-order valence-electron chi connectivity index (χ0n) is 38.6. The highest BCUT2D eigenvalue weighted by Gasteiger charge is 2.40. The van der Waals surface area contributed by atoms with Crippen molar-refractivity contribution in [1.29, 1.82) is 0 Å². The summed E-state index contributed by atoms with van der Waals surface area (Å²) in [4.78, 5) is 105. The number of aromatic amines is 1. The van der Waals surface area contributed by atoms with Gasteiger partial charge < -0.3 is 70.7 Å². The van der Waals surface area contributed by atoms with Crippen LogP contribution in [-0.4, -0.2) is 129 Å². The molecular weight excluding hydrogens is 915 g/mol. The number of benzene rings is 2. The number of aliphatic hydroxyl groups excluding tert-OH is 1. The molecule has 18 N–H and O–H groups in total. The zero-order valence-corrected chi connectivity index (χ0v) is 40.3. The highest BCUT2D eigenvalue weighted by atomic mass is 33.1. The lowest BCUT2D eigenvalue weighted by Crippen LogP contribution is -2.62. The first-order chi connectivity index (χ1) is 32.3. The number of guanidine groups is 1. The Kier molecular flexibility index (Phi) is 21.4. The number of primary amides is 1. The van der Waals surface area contributed by atoms with Crippen LogP contribution in [0.4, 0.5) is 0 Å². The van der Waals surface area contributed by atoms with E-state index in [1.807, 2.05) is 24.3 Å². The molecule has 1 fully saturated rings. The molecule has 2 heterocycles. The first-order valence-electron chi connectivity index (χ1n) is 22.5. The van der Waals surface area contributed by atoms with Crippen LogP contribution in [0.2, 0.25) is 0 Å². The Morgan fingerprint density at radius 2 is 1.46 bits per heavy atom. The number of aliphatic hydroxyl groups is 1. The van der Waals surface area contributed by atoms with Gasteiger partial charge in [0.1, 0.15) is 36.3 Å². The number of carbonyl (C=O) groups is 7. The minimum Gasteiger partial charge on any atom is -0.391 e. The number of fused-ring (bicyclic) bond motifs is 1. The van der Waals surface area contributed by atoms with Crippen LogP contribution in [0.1, 0.15) is 70.4 Å². The third-order valence-corrected chi connectivity index (χ3v) is 14.6. The number of unbranched alkanes of at least 4 members (excludes halogenated alkanes) is 1. The summed E-state index contributed by atoms with van der Waals surface area (Å²) in [6.07, 6.45) is 1.69. The lowest BCUT2D eigenvalue weighted by atomic mass is 9.99. The number of para-hydroxylation sites is 1. The monoisotopic (exact) mass is 981 g/mol. The van der Waals surface area contributed by atoms with E-state index in [0.29, 0.717) is 36.9 Å². The fourth-order valence-electron chi connectivity index (χ4n) is 7.45. The van der Waals surface area contributed by atoms with E-state index in [1.165, 1.54) is 28.5 Å². The lowest BCUT2D eigenvalue weighted by Gasteiger charge is -2.33. The minimum absolute atomic E-state index is 0.00900. The predicted molar refractivity (Wildman–Crippen MR) is 264 cm³/mol. The van der Waals surface area contributed by atoms with E-state index in [-0.39, 0.29) is 50.4 Å². The van der Waals surface area contributed by atoms with Gasteiger partial charge in [-0.15, -0.1) is 0 Å². The van der Waals surface area contributed by atoms with Gasteiger partial charge in [-0.2, -0.15) is 0 Å². The second kappa shape index (κ2) is 26.6. The molecule has 0 bridgehead atoms. The van der Waals surface area contributed by atoms with Crippen molar-refractivity contribution < 1.29 is 38.7 Å². The average molecular weight is 982 g/mol. The molecule has 0 aliphatic carbocycles. The summed E-state index contributed by atoms with van der Waals surface area (Å²) in [5.74, 6) is -5.60. The van der Waals surface area contributed by atoms with Crippen LogP contribution in [0, 0.1) is 0 Å². The van der Waals surface area contributed by atoms with Crippen molar-refractivity contribution in [2.24, 2.45) is 33.7 Å². The third-order valence-electron chi connectivity index (χ3n) is 11.3. The second-order valence-corrected chi connectivity index (χ2v) is 20.3. The number of H-pyrrole nitrogens is 1. The van der Waals surface area contributed by atoms with Crippen LogP contribution in [0.3, 0.4) is 0 Å². The quantitative estimate of drug-likeness (QED) is 0.0347. The molecule has 7 amide bonds. The molecule has 0 radical (unpaired) electrons. The van der Waals surface area contributed by atoms with Gasteiger partial charge in [-0.1, -0.05) is 76.5 Å². The van der Waals surface area contributed by atoms with Crippen LogP contribution in [-0.2, 0) is 46.4 Å². The predicted octanol–water partition coefficient (Wildman–Crippen LogP) is -1.20. The first kappa shape index (κ1) is 54.7. The van der Waals surface area contributed by atoms with E-state index in [1.54, 1.807) is 50.4 Å². The number of aromatic nitrogens is 1. The van der Waals surface area contributed by atoms with Crippen LogP contribution in [0.15, 0.2) is 65.8 Å². The minimum atomic E-state index is -1.63. The molecule has 23 heteroatoms. The number of aliphatic imine (C=N–C) groups is 1. The van der Waals surface area contributed by atoms with Crippen LogP contribution < -0.4 is 60.6 Å². The molecule has 3 aromatic rings.